The number of aromatic nitrogens is 3. The van der Waals surface area contributed by atoms with Gasteiger partial charge in [-0.25, -0.2) is 9.50 Å². The fourth-order valence-electron chi connectivity index (χ4n) is 4.08. The summed E-state index contributed by atoms with van der Waals surface area (Å²) in [5.74, 6) is -0.965. The molecule has 2 N–H and O–H groups in total. The molecule has 1 aliphatic heterocycles. The quantitative estimate of drug-likeness (QED) is 0.716. The zero-order chi connectivity index (χ0) is 22.5. The van der Waals surface area contributed by atoms with E-state index in [1.165, 1.54) is 10.7 Å². The first-order chi connectivity index (χ1) is 14.6. The van der Waals surface area contributed by atoms with Gasteiger partial charge in [0.15, 0.2) is 12.0 Å². The summed E-state index contributed by atoms with van der Waals surface area (Å²) in [7, 11) is 0. The molecule has 0 spiro atoms. The van der Waals surface area contributed by atoms with E-state index >= 15 is 0 Å². The molecule has 0 aromatic carbocycles. The van der Waals surface area contributed by atoms with Gasteiger partial charge < -0.3 is 15.3 Å². The number of nitrogens with one attached hydrogen (secondary N) is 1. The molecule has 2 fully saturated rings. The summed E-state index contributed by atoms with van der Waals surface area (Å²) in [6, 6.07) is 0.0495. The number of hydrogen-bond donors (Lipinski definition) is 2. The van der Waals surface area contributed by atoms with Crippen LogP contribution in [0.3, 0.4) is 0 Å². The van der Waals surface area contributed by atoms with Crippen LogP contribution in [0.5, 0.6) is 0 Å². The van der Waals surface area contributed by atoms with E-state index < -0.39 is 30.4 Å². The van der Waals surface area contributed by atoms with Gasteiger partial charge in [-0.3, -0.25) is 9.69 Å². The minimum absolute atomic E-state index is 0.0131. The highest BCUT2D eigenvalue weighted by Crippen LogP contribution is 2.40. The van der Waals surface area contributed by atoms with Crippen molar-refractivity contribution in [3.05, 3.63) is 23.5 Å². The van der Waals surface area contributed by atoms with Crippen LogP contribution < -0.4 is 10.2 Å². The van der Waals surface area contributed by atoms with Crippen LogP contribution >= 0.6 is 0 Å². The van der Waals surface area contributed by atoms with E-state index in [1.54, 1.807) is 11.0 Å². The maximum Gasteiger partial charge on any atom is 0.408 e. The van der Waals surface area contributed by atoms with Gasteiger partial charge in [-0.1, -0.05) is 6.92 Å². The van der Waals surface area contributed by atoms with Crippen LogP contribution in [0, 0.1) is 5.92 Å². The summed E-state index contributed by atoms with van der Waals surface area (Å²) in [4.78, 5) is 20.9. The molecule has 2 atom stereocenters. The fraction of sp³-hybridized carbons (Fsp3) is 0.650. The normalized spacial score (nSPS) is 21.3. The lowest BCUT2D eigenvalue weighted by molar-refractivity contribution is -0.158. The van der Waals surface area contributed by atoms with E-state index in [2.05, 4.69) is 15.4 Å². The lowest BCUT2D eigenvalue weighted by atomic mass is 10.1. The van der Waals surface area contributed by atoms with Gasteiger partial charge in [0.1, 0.15) is 17.4 Å². The van der Waals surface area contributed by atoms with E-state index in [4.69, 9.17) is 0 Å². The molecule has 3 heterocycles. The third-order valence-electron chi connectivity index (χ3n) is 6.00. The van der Waals surface area contributed by atoms with Crippen molar-refractivity contribution in [1.82, 2.24) is 24.8 Å². The molecule has 31 heavy (non-hydrogen) atoms. The van der Waals surface area contributed by atoms with Gasteiger partial charge in [0.25, 0.3) is 5.91 Å². The SMILES string of the molecule is CCc1cc(N2CCN(C(C)C)C2O)nc2c(C(=O)NC(C3CC3)C(F)(F)F)cnn12. The highest BCUT2D eigenvalue weighted by Gasteiger charge is 2.50. The highest BCUT2D eigenvalue weighted by molar-refractivity contribution is 6.00. The molecule has 8 nitrogen and oxygen atoms in total. The maximum absolute atomic E-state index is 13.4. The third kappa shape index (κ3) is 4.08. The van der Waals surface area contributed by atoms with Crippen molar-refractivity contribution in [2.45, 2.75) is 64.6 Å². The van der Waals surface area contributed by atoms with Crippen LogP contribution in [-0.4, -0.2) is 68.2 Å². The number of alkyl halides is 3. The minimum Gasteiger partial charge on any atom is -0.361 e. The average Bonchev–Trinajstić information content (AvgIpc) is 3.32. The van der Waals surface area contributed by atoms with Crippen LogP contribution in [0.25, 0.3) is 5.65 Å². The molecule has 170 valence electrons. The summed E-state index contributed by atoms with van der Waals surface area (Å²) in [6.45, 7) is 7.06. The molecule has 4 rings (SSSR count). The Morgan fingerprint density at radius 1 is 1.32 bits per heavy atom. The molecule has 1 saturated heterocycles. The average molecular weight is 440 g/mol. The zero-order valence-corrected chi connectivity index (χ0v) is 17.7. The standard InChI is InChI=1S/C20H27F3N6O2/c1-4-13-9-15(28-8-7-27(11(2)3)19(28)31)25-17-14(10-24-29(13)17)18(30)26-16(12-5-6-12)20(21,22)23/h9-12,16,19,31H,4-8H2,1-3H3,(H,26,30). The zero-order valence-electron chi connectivity index (χ0n) is 17.7. The molecule has 1 aliphatic carbocycles. The summed E-state index contributed by atoms with van der Waals surface area (Å²) in [6.07, 6.45) is -2.67. The van der Waals surface area contributed by atoms with Gasteiger partial charge in [-0.15, -0.1) is 0 Å². The van der Waals surface area contributed by atoms with Gasteiger partial charge in [0, 0.05) is 30.9 Å². The lowest BCUT2D eigenvalue weighted by Crippen LogP contribution is -2.47. The summed E-state index contributed by atoms with van der Waals surface area (Å²) >= 11 is 0. The van der Waals surface area contributed by atoms with Crippen LogP contribution in [0.2, 0.25) is 0 Å². The largest absolute Gasteiger partial charge is 0.408 e. The first kappa shape index (κ1) is 21.8. The minimum atomic E-state index is -4.51. The number of carbonyl (C=O) groups is 1. The Morgan fingerprint density at radius 3 is 2.58 bits per heavy atom. The first-order valence-electron chi connectivity index (χ1n) is 10.6. The summed E-state index contributed by atoms with van der Waals surface area (Å²) in [5, 5.41) is 17.0. The van der Waals surface area contributed by atoms with Crippen molar-refractivity contribution in [3.63, 3.8) is 0 Å². The Labute approximate surface area is 178 Å². The summed E-state index contributed by atoms with van der Waals surface area (Å²) < 4.78 is 41.6. The van der Waals surface area contributed by atoms with Gasteiger partial charge in [0.2, 0.25) is 0 Å². The fourth-order valence-corrected chi connectivity index (χ4v) is 4.08. The van der Waals surface area contributed by atoms with E-state index in [0.717, 1.165) is 5.69 Å². The Bertz CT molecular complexity index is 972. The monoisotopic (exact) mass is 440 g/mol. The summed E-state index contributed by atoms with van der Waals surface area (Å²) in [5.41, 5.74) is 0.906. The molecule has 2 aromatic heterocycles. The van der Waals surface area contributed by atoms with Crippen LogP contribution in [-0.2, 0) is 6.42 Å². The van der Waals surface area contributed by atoms with Gasteiger partial charge in [-0.05, 0) is 39.0 Å². The van der Waals surface area contributed by atoms with E-state index in [1.807, 2.05) is 25.7 Å². The predicted octanol–water partition coefficient (Wildman–Crippen LogP) is 2.17. The second-order valence-corrected chi connectivity index (χ2v) is 8.45. The molecular weight excluding hydrogens is 413 g/mol. The van der Waals surface area contributed by atoms with Crippen molar-refractivity contribution < 1.29 is 23.1 Å². The second kappa shape index (κ2) is 7.94. The van der Waals surface area contributed by atoms with Gasteiger partial charge >= 0.3 is 6.18 Å². The number of anilines is 1. The predicted molar refractivity (Wildman–Crippen MR) is 108 cm³/mol. The van der Waals surface area contributed by atoms with E-state index in [-0.39, 0.29) is 17.3 Å². The number of rotatable bonds is 6. The molecule has 0 bridgehead atoms. The third-order valence-corrected chi connectivity index (χ3v) is 6.00. The number of nitrogens with zero attached hydrogens (tertiary/aromatic N) is 5. The number of aliphatic hydroxyl groups excluding tert-OH is 1. The topological polar surface area (TPSA) is 86.0 Å². The highest BCUT2D eigenvalue weighted by atomic mass is 19.4. The molecular formula is C20H27F3N6O2. The van der Waals surface area contributed by atoms with Crippen LogP contribution in [0.15, 0.2) is 12.3 Å². The Hall–Kier alpha value is -2.40. The molecule has 11 heteroatoms. The van der Waals surface area contributed by atoms with Crippen LogP contribution in [0.1, 0.15) is 49.7 Å². The number of hydrogen-bond acceptors (Lipinski definition) is 6. The Kier molecular flexibility index (Phi) is 5.59. The first-order valence-corrected chi connectivity index (χ1v) is 10.6. The Morgan fingerprint density at radius 2 is 2.03 bits per heavy atom. The molecule has 2 aromatic rings. The van der Waals surface area contributed by atoms with Crippen molar-refractivity contribution in [2.75, 3.05) is 18.0 Å². The van der Waals surface area contributed by atoms with E-state index in [9.17, 15) is 23.1 Å². The Balaban J connectivity index is 1.68. The number of aliphatic hydroxyl groups is 1. The number of amides is 1. The van der Waals surface area contributed by atoms with E-state index in [0.29, 0.717) is 38.2 Å². The number of halogens is 3. The number of carbonyl (C=O) groups excluding carboxylic acids is 1. The van der Waals surface area contributed by atoms with Crippen molar-refractivity contribution >= 4 is 17.4 Å². The van der Waals surface area contributed by atoms with Crippen molar-refractivity contribution in [2.24, 2.45) is 5.92 Å². The van der Waals surface area contributed by atoms with Crippen molar-refractivity contribution in [3.8, 4) is 0 Å². The number of aryl methyl sites for hydroxylation is 1. The molecule has 2 unspecified atom stereocenters. The molecule has 1 amide bonds. The molecule has 2 aliphatic rings. The van der Waals surface area contributed by atoms with Crippen molar-refractivity contribution in [1.29, 1.82) is 0 Å². The lowest BCUT2D eigenvalue weighted by Gasteiger charge is -2.28. The molecule has 1 saturated carbocycles. The smallest absolute Gasteiger partial charge is 0.361 e. The van der Waals surface area contributed by atoms with Crippen LogP contribution in [0.4, 0.5) is 19.0 Å². The maximum atomic E-state index is 13.4. The number of fused-ring (bicyclic) bond motifs is 1. The second-order valence-electron chi connectivity index (χ2n) is 8.45. The molecule has 0 radical (unpaired) electrons. The van der Waals surface area contributed by atoms with Gasteiger partial charge in [-0.2, -0.15) is 18.3 Å². The van der Waals surface area contributed by atoms with Gasteiger partial charge in [0.05, 0.1) is 6.20 Å².